The lowest BCUT2D eigenvalue weighted by Gasteiger charge is -2.08. The number of hydrogen-bond acceptors (Lipinski definition) is 3. The van der Waals surface area contributed by atoms with E-state index in [4.69, 9.17) is 34.8 Å². The van der Waals surface area contributed by atoms with E-state index in [1.54, 1.807) is 25.1 Å². The number of benzene rings is 1. The minimum Gasteiger partial charge on any atom is -0.309 e. The number of pyridine rings is 1. The van der Waals surface area contributed by atoms with Gasteiger partial charge >= 0.3 is 0 Å². The number of nitrogens with zero attached hydrogens (tertiary/aromatic N) is 1. The summed E-state index contributed by atoms with van der Waals surface area (Å²) in [6, 6.07) is 8.84. The van der Waals surface area contributed by atoms with E-state index < -0.39 is 0 Å². The Bertz CT molecular complexity index is 662. The Morgan fingerprint density at radius 1 is 1.19 bits per heavy atom. The van der Waals surface area contributed by atoms with Crippen LogP contribution in [0.1, 0.15) is 5.69 Å². The van der Waals surface area contributed by atoms with Gasteiger partial charge in [-0.05, 0) is 37.3 Å². The lowest BCUT2D eigenvalue weighted by molar-refractivity contribution is -0.113. The van der Waals surface area contributed by atoms with Gasteiger partial charge in [-0.25, -0.2) is 4.98 Å². The molecule has 0 radical (unpaired) electrons. The van der Waals surface area contributed by atoms with Crippen LogP contribution >= 0.6 is 46.6 Å². The van der Waals surface area contributed by atoms with E-state index in [1.165, 1.54) is 11.8 Å². The number of nitrogens with one attached hydrogen (secondary N) is 1. The molecule has 110 valence electrons. The highest BCUT2D eigenvalue weighted by Crippen LogP contribution is 2.26. The van der Waals surface area contributed by atoms with Gasteiger partial charge < -0.3 is 5.32 Å². The number of hydrogen-bond donors (Lipinski definition) is 1. The fourth-order valence-electron chi connectivity index (χ4n) is 1.49. The van der Waals surface area contributed by atoms with Gasteiger partial charge in [0.25, 0.3) is 0 Å². The minimum absolute atomic E-state index is 0.189. The molecule has 1 amide bonds. The van der Waals surface area contributed by atoms with Crippen molar-refractivity contribution in [3.8, 4) is 0 Å². The Morgan fingerprint density at radius 3 is 2.52 bits per heavy atom. The summed E-state index contributed by atoms with van der Waals surface area (Å²) in [6.07, 6.45) is 0. The van der Waals surface area contributed by atoms with Crippen LogP contribution in [0.4, 0.5) is 5.82 Å². The number of amides is 1. The van der Waals surface area contributed by atoms with Gasteiger partial charge in [-0.1, -0.05) is 34.8 Å². The topological polar surface area (TPSA) is 42.0 Å². The van der Waals surface area contributed by atoms with Crippen LogP contribution in [0.15, 0.2) is 35.2 Å². The Morgan fingerprint density at radius 2 is 1.86 bits per heavy atom. The molecule has 1 aromatic carbocycles. The molecule has 0 aliphatic carbocycles. The van der Waals surface area contributed by atoms with Crippen LogP contribution in [0, 0.1) is 6.92 Å². The maximum absolute atomic E-state index is 11.9. The van der Waals surface area contributed by atoms with E-state index in [2.05, 4.69) is 10.3 Å². The molecule has 1 aromatic heterocycles. The van der Waals surface area contributed by atoms with Gasteiger partial charge in [-0.15, -0.1) is 11.8 Å². The van der Waals surface area contributed by atoms with E-state index in [9.17, 15) is 4.79 Å². The van der Waals surface area contributed by atoms with Gasteiger partial charge in [-0.3, -0.25) is 4.79 Å². The summed E-state index contributed by atoms with van der Waals surface area (Å²) in [4.78, 5) is 17.0. The summed E-state index contributed by atoms with van der Waals surface area (Å²) in [5.41, 5.74) is 0.613. The third-order valence-corrected chi connectivity index (χ3v) is 4.48. The van der Waals surface area contributed by atoms with Crippen molar-refractivity contribution in [2.24, 2.45) is 0 Å². The van der Waals surface area contributed by atoms with Crippen molar-refractivity contribution in [3.63, 3.8) is 0 Å². The zero-order valence-electron chi connectivity index (χ0n) is 11.0. The van der Waals surface area contributed by atoms with Crippen LogP contribution in [0.5, 0.6) is 0 Å². The van der Waals surface area contributed by atoms with Gasteiger partial charge in [0.05, 0.1) is 21.5 Å². The van der Waals surface area contributed by atoms with E-state index in [-0.39, 0.29) is 11.7 Å². The standard InChI is InChI=1S/C14H11Cl3N2OS/c1-8-11(16)6-12(17)14(18-8)19-13(20)7-21-10-4-2-9(15)3-5-10/h2-6H,7H2,1H3,(H,18,19,20). The largest absolute Gasteiger partial charge is 0.309 e. The first-order chi connectivity index (χ1) is 9.95. The number of anilines is 1. The fourth-order valence-corrected chi connectivity index (χ4v) is 2.72. The maximum Gasteiger partial charge on any atom is 0.235 e. The van der Waals surface area contributed by atoms with E-state index in [0.29, 0.717) is 26.6 Å². The smallest absolute Gasteiger partial charge is 0.235 e. The molecule has 0 saturated carbocycles. The van der Waals surface area contributed by atoms with E-state index in [0.717, 1.165) is 4.90 Å². The summed E-state index contributed by atoms with van der Waals surface area (Å²) in [7, 11) is 0. The van der Waals surface area contributed by atoms with E-state index in [1.807, 2.05) is 12.1 Å². The molecule has 1 heterocycles. The molecule has 0 spiro atoms. The number of thioether (sulfide) groups is 1. The second-order valence-electron chi connectivity index (χ2n) is 4.18. The summed E-state index contributed by atoms with van der Waals surface area (Å²) < 4.78 is 0. The number of carbonyl (C=O) groups excluding carboxylic acids is 1. The molecule has 0 fully saturated rings. The van der Waals surface area contributed by atoms with Gasteiger partial charge in [0.1, 0.15) is 0 Å². The van der Waals surface area contributed by atoms with Crippen molar-refractivity contribution in [2.75, 3.05) is 11.1 Å². The molecular weight excluding hydrogens is 351 g/mol. The molecular formula is C14H11Cl3N2OS. The Kier molecular flexibility index (Phi) is 5.76. The van der Waals surface area contributed by atoms with Crippen molar-refractivity contribution in [1.82, 2.24) is 4.98 Å². The highest BCUT2D eigenvalue weighted by atomic mass is 35.5. The second-order valence-corrected chi connectivity index (χ2v) is 6.48. The van der Waals surface area contributed by atoms with Gasteiger partial charge in [0.15, 0.2) is 5.82 Å². The van der Waals surface area contributed by atoms with Gasteiger partial charge in [0, 0.05) is 9.92 Å². The first-order valence-electron chi connectivity index (χ1n) is 5.96. The van der Waals surface area contributed by atoms with Crippen molar-refractivity contribution in [1.29, 1.82) is 0 Å². The lowest BCUT2D eigenvalue weighted by atomic mass is 10.3. The Balaban J connectivity index is 1.96. The predicted molar refractivity (Wildman–Crippen MR) is 89.8 cm³/mol. The highest BCUT2D eigenvalue weighted by molar-refractivity contribution is 8.00. The van der Waals surface area contributed by atoms with Crippen LogP contribution < -0.4 is 5.32 Å². The lowest BCUT2D eigenvalue weighted by Crippen LogP contribution is -2.15. The molecule has 0 bridgehead atoms. The summed E-state index contributed by atoms with van der Waals surface area (Å²) in [6.45, 7) is 1.75. The minimum atomic E-state index is -0.189. The molecule has 2 rings (SSSR count). The summed E-state index contributed by atoms with van der Waals surface area (Å²) in [5, 5.41) is 4.12. The molecule has 0 aliphatic heterocycles. The van der Waals surface area contributed by atoms with Crippen molar-refractivity contribution in [3.05, 3.63) is 51.1 Å². The number of carbonyl (C=O) groups is 1. The summed E-state index contributed by atoms with van der Waals surface area (Å²) in [5.74, 6) is 0.382. The van der Waals surface area contributed by atoms with Gasteiger partial charge in [0.2, 0.25) is 5.91 Å². The molecule has 1 N–H and O–H groups in total. The van der Waals surface area contributed by atoms with Crippen LogP contribution in [0.2, 0.25) is 15.1 Å². The molecule has 2 aromatic rings. The SMILES string of the molecule is Cc1nc(NC(=O)CSc2ccc(Cl)cc2)c(Cl)cc1Cl. The number of aryl methyl sites for hydroxylation is 1. The Labute approximate surface area is 142 Å². The van der Waals surface area contributed by atoms with Crippen LogP contribution in [-0.2, 0) is 4.79 Å². The monoisotopic (exact) mass is 360 g/mol. The third kappa shape index (κ3) is 4.78. The van der Waals surface area contributed by atoms with Crippen molar-refractivity contribution < 1.29 is 4.79 Å². The zero-order valence-corrected chi connectivity index (χ0v) is 14.1. The van der Waals surface area contributed by atoms with Crippen LogP contribution in [-0.4, -0.2) is 16.6 Å². The molecule has 3 nitrogen and oxygen atoms in total. The highest BCUT2D eigenvalue weighted by Gasteiger charge is 2.10. The first kappa shape index (κ1) is 16.4. The third-order valence-electron chi connectivity index (χ3n) is 2.55. The molecule has 7 heteroatoms. The van der Waals surface area contributed by atoms with Gasteiger partial charge in [-0.2, -0.15) is 0 Å². The van der Waals surface area contributed by atoms with Crippen LogP contribution in [0.3, 0.4) is 0 Å². The average molecular weight is 362 g/mol. The van der Waals surface area contributed by atoms with Crippen LogP contribution in [0.25, 0.3) is 0 Å². The molecule has 0 atom stereocenters. The normalized spacial score (nSPS) is 10.5. The zero-order chi connectivity index (χ0) is 15.4. The quantitative estimate of drug-likeness (QED) is 0.772. The second kappa shape index (κ2) is 7.36. The van der Waals surface area contributed by atoms with Crippen molar-refractivity contribution >= 4 is 58.3 Å². The molecule has 0 unspecified atom stereocenters. The number of aromatic nitrogens is 1. The maximum atomic E-state index is 11.9. The first-order valence-corrected chi connectivity index (χ1v) is 8.08. The number of halogens is 3. The summed E-state index contributed by atoms with van der Waals surface area (Å²) >= 11 is 19.1. The molecule has 0 saturated heterocycles. The van der Waals surface area contributed by atoms with Crippen molar-refractivity contribution in [2.45, 2.75) is 11.8 Å². The number of rotatable bonds is 4. The molecule has 21 heavy (non-hydrogen) atoms. The average Bonchev–Trinajstić information content (AvgIpc) is 2.44. The Hall–Kier alpha value is -0.940. The molecule has 0 aliphatic rings. The van der Waals surface area contributed by atoms with E-state index >= 15 is 0 Å². The fraction of sp³-hybridized carbons (Fsp3) is 0.143. The predicted octanol–water partition coefficient (Wildman–Crippen LogP) is 5.08.